The van der Waals surface area contributed by atoms with Gasteiger partial charge in [0.2, 0.25) is 5.13 Å². The van der Waals surface area contributed by atoms with Crippen molar-refractivity contribution in [1.29, 1.82) is 0 Å². The third-order valence-electron chi connectivity index (χ3n) is 3.74. The van der Waals surface area contributed by atoms with E-state index in [1.54, 1.807) is 20.4 Å². The molecular formula is C19H19N3O2S. The molecule has 0 fully saturated rings. The average Bonchev–Trinajstić information content (AvgIpc) is 3.11. The Morgan fingerprint density at radius 2 is 1.88 bits per heavy atom. The second-order valence-corrected chi connectivity index (χ2v) is 6.19. The molecule has 2 aromatic carbocycles. The molecule has 0 saturated heterocycles. The van der Waals surface area contributed by atoms with E-state index in [0.29, 0.717) is 11.5 Å². The van der Waals surface area contributed by atoms with Crippen molar-refractivity contribution in [2.24, 2.45) is 5.10 Å². The predicted octanol–water partition coefficient (Wildman–Crippen LogP) is 4.58. The topological polar surface area (TPSA) is 55.7 Å². The number of anilines is 1. The van der Waals surface area contributed by atoms with Crippen LogP contribution in [0.3, 0.4) is 0 Å². The summed E-state index contributed by atoms with van der Waals surface area (Å²) in [7, 11) is 3.24. The van der Waals surface area contributed by atoms with Crippen LogP contribution in [-0.2, 0) is 0 Å². The van der Waals surface area contributed by atoms with Crippen LogP contribution in [0.2, 0.25) is 0 Å². The first-order chi connectivity index (χ1) is 12.2. The van der Waals surface area contributed by atoms with E-state index in [0.717, 1.165) is 22.0 Å². The zero-order chi connectivity index (χ0) is 17.6. The molecule has 0 aliphatic rings. The van der Waals surface area contributed by atoms with Gasteiger partial charge in [-0.05, 0) is 36.2 Å². The van der Waals surface area contributed by atoms with Gasteiger partial charge in [-0.1, -0.05) is 24.3 Å². The summed E-state index contributed by atoms with van der Waals surface area (Å²) >= 11 is 1.50. The third-order valence-corrected chi connectivity index (χ3v) is 4.48. The Morgan fingerprint density at radius 3 is 2.64 bits per heavy atom. The SMILES string of the molecule is COc1ccc(-c2csc(N/N=C\c3ccccc3C)n2)cc1OC. The molecule has 1 aromatic heterocycles. The zero-order valence-electron chi connectivity index (χ0n) is 14.3. The van der Waals surface area contributed by atoms with Crippen LogP contribution in [0.1, 0.15) is 11.1 Å². The van der Waals surface area contributed by atoms with E-state index in [4.69, 9.17) is 9.47 Å². The number of benzene rings is 2. The summed E-state index contributed by atoms with van der Waals surface area (Å²) in [6.07, 6.45) is 1.80. The van der Waals surface area contributed by atoms with Crippen LogP contribution in [0.5, 0.6) is 11.5 Å². The van der Waals surface area contributed by atoms with Gasteiger partial charge >= 0.3 is 0 Å². The Morgan fingerprint density at radius 1 is 1.08 bits per heavy atom. The van der Waals surface area contributed by atoms with Crippen molar-refractivity contribution in [3.05, 3.63) is 59.0 Å². The number of ether oxygens (including phenoxy) is 2. The maximum atomic E-state index is 5.34. The first-order valence-corrected chi connectivity index (χ1v) is 8.62. The van der Waals surface area contributed by atoms with Gasteiger partial charge in [-0.15, -0.1) is 11.3 Å². The fourth-order valence-electron chi connectivity index (χ4n) is 2.34. The van der Waals surface area contributed by atoms with Crippen molar-refractivity contribution in [2.45, 2.75) is 6.92 Å². The average molecular weight is 353 g/mol. The Balaban J connectivity index is 1.73. The van der Waals surface area contributed by atoms with Crippen LogP contribution in [0.4, 0.5) is 5.13 Å². The smallest absolute Gasteiger partial charge is 0.203 e. The summed E-state index contributed by atoms with van der Waals surface area (Å²) in [5, 5.41) is 6.98. The van der Waals surface area contributed by atoms with Crippen molar-refractivity contribution >= 4 is 22.7 Å². The molecule has 0 amide bonds. The second kappa shape index (κ2) is 7.81. The number of nitrogens with one attached hydrogen (secondary N) is 1. The lowest BCUT2D eigenvalue weighted by Gasteiger charge is -2.08. The van der Waals surface area contributed by atoms with Gasteiger partial charge < -0.3 is 9.47 Å². The Kier molecular flexibility index (Phi) is 5.30. The molecule has 5 nitrogen and oxygen atoms in total. The van der Waals surface area contributed by atoms with E-state index in [2.05, 4.69) is 28.5 Å². The molecule has 3 rings (SSSR count). The van der Waals surface area contributed by atoms with E-state index < -0.39 is 0 Å². The van der Waals surface area contributed by atoms with Gasteiger partial charge in [0.1, 0.15) is 0 Å². The monoisotopic (exact) mass is 353 g/mol. The minimum Gasteiger partial charge on any atom is -0.493 e. The van der Waals surface area contributed by atoms with Gasteiger partial charge in [0, 0.05) is 10.9 Å². The molecule has 0 saturated carbocycles. The van der Waals surface area contributed by atoms with Crippen molar-refractivity contribution in [3.8, 4) is 22.8 Å². The number of hydrogen-bond acceptors (Lipinski definition) is 6. The minimum absolute atomic E-state index is 0.681. The highest BCUT2D eigenvalue weighted by Crippen LogP contribution is 2.33. The maximum Gasteiger partial charge on any atom is 0.203 e. The number of aromatic nitrogens is 1. The van der Waals surface area contributed by atoms with Gasteiger partial charge in [0.15, 0.2) is 11.5 Å². The number of hydrogen-bond donors (Lipinski definition) is 1. The molecule has 3 aromatic rings. The van der Waals surface area contributed by atoms with E-state index in [9.17, 15) is 0 Å². The highest BCUT2D eigenvalue weighted by atomic mass is 32.1. The van der Waals surface area contributed by atoms with Gasteiger partial charge in [0.25, 0.3) is 0 Å². The van der Waals surface area contributed by atoms with Crippen molar-refractivity contribution in [2.75, 3.05) is 19.6 Å². The summed E-state index contributed by atoms with van der Waals surface area (Å²) in [6, 6.07) is 13.8. The van der Waals surface area contributed by atoms with Gasteiger partial charge in [0.05, 0.1) is 26.1 Å². The van der Waals surface area contributed by atoms with Crippen LogP contribution < -0.4 is 14.9 Å². The molecule has 0 aliphatic carbocycles. The Hall–Kier alpha value is -2.86. The molecule has 128 valence electrons. The van der Waals surface area contributed by atoms with Gasteiger partial charge in [-0.25, -0.2) is 4.98 Å². The molecule has 0 aliphatic heterocycles. The van der Waals surface area contributed by atoms with Crippen LogP contribution in [0.15, 0.2) is 52.9 Å². The maximum absolute atomic E-state index is 5.34. The first kappa shape index (κ1) is 17.0. The van der Waals surface area contributed by atoms with E-state index in [1.165, 1.54) is 16.9 Å². The number of thiazole rings is 1. The van der Waals surface area contributed by atoms with Crippen LogP contribution in [0.25, 0.3) is 11.3 Å². The lowest BCUT2D eigenvalue weighted by Crippen LogP contribution is -1.92. The molecule has 6 heteroatoms. The van der Waals surface area contributed by atoms with Crippen molar-refractivity contribution in [3.63, 3.8) is 0 Å². The molecule has 1 heterocycles. The molecule has 0 spiro atoms. The van der Waals surface area contributed by atoms with E-state index >= 15 is 0 Å². The molecule has 0 radical (unpaired) electrons. The summed E-state index contributed by atoms with van der Waals surface area (Å²) in [5.74, 6) is 1.38. The minimum atomic E-state index is 0.681. The first-order valence-electron chi connectivity index (χ1n) is 7.74. The summed E-state index contributed by atoms with van der Waals surface area (Å²) in [6.45, 7) is 2.06. The number of aryl methyl sites for hydroxylation is 1. The molecule has 0 bridgehead atoms. The lowest BCUT2D eigenvalue weighted by molar-refractivity contribution is 0.355. The van der Waals surface area contributed by atoms with Crippen molar-refractivity contribution < 1.29 is 9.47 Å². The molecular weight excluding hydrogens is 334 g/mol. The number of methoxy groups -OCH3 is 2. The van der Waals surface area contributed by atoms with Crippen LogP contribution in [-0.4, -0.2) is 25.4 Å². The molecule has 25 heavy (non-hydrogen) atoms. The van der Waals surface area contributed by atoms with E-state index in [1.807, 2.05) is 41.8 Å². The standard InChI is InChI=1S/C19H19N3O2S/c1-13-6-4-5-7-15(13)11-20-22-19-21-16(12-25-19)14-8-9-17(23-2)18(10-14)24-3/h4-12H,1-3H3,(H,21,22)/b20-11-. The predicted molar refractivity (Wildman–Crippen MR) is 103 cm³/mol. The van der Waals surface area contributed by atoms with Gasteiger partial charge in [-0.3, -0.25) is 5.43 Å². The van der Waals surface area contributed by atoms with E-state index in [-0.39, 0.29) is 0 Å². The number of hydrazone groups is 1. The van der Waals surface area contributed by atoms with Crippen LogP contribution in [0, 0.1) is 6.92 Å². The normalized spacial score (nSPS) is 10.8. The highest BCUT2D eigenvalue weighted by Gasteiger charge is 2.09. The Labute approximate surface area is 151 Å². The number of nitrogens with zero attached hydrogens (tertiary/aromatic N) is 2. The highest BCUT2D eigenvalue weighted by molar-refractivity contribution is 7.14. The molecule has 0 unspecified atom stereocenters. The summed E-state index contributed by atoms with van der Waals surface area (Å²) in [5.41, 5.74) is 7.06. The lowest BCUT2D eigenvalue weighted by atomic mass is 10.1. The second-order valence-electron chi connectivity index (χ2n) is 5.33. The fraction of sp³-hybridized carbons (Fsp3) is 0.158. The summed E-state index contributed by atoms with van der Waals surface area (Å²) in [4.78, 5) is 4.56. The molecule has 1 N–H and O–H groups in total. The third kappa shape index (κ3) is 3.97. The van der Waals surface area contributed by atoms with Crippen molar-refractivity contribution in [1.82, 2.24) is 4.98 Å². The van der Waals surface area contributed by atoms with Gasteiger partial charge in [-0.2, -0.15) is 5.10 Å². The quantitative estimate of drug-likeness (QED) is 0.520. The Bertz CT molecular complexity index is 890. The fourth-order valence-corrected chi connectivity index (χ4v) is 3.01. The number of rotatable bonds is 6. The van der Waals surface area contributed by atoms with Crippen LogP contribution >= 0.6 is 11.3 Å². The summed E-state index contributed by atoms with van der Waals surface area (Å²) < 4.78 is 10.6. The molecule has 0 atom stereocenters. The largest absolute Gasteiger partial charge is 0.493 e. The zero-order valence-corrected chi connectivity index (χ0v) is 15.1.